The fraction of sp³-hybridized carbons (Fsp3) is 0.190. The third-order valence-electron chi connectivity index (χ3n) is 4.40. The summed E-state index contributed by atoms with van der Waals surface area (Å²) in [7, 11) is 0. The largest absolute Gasteiger partial charge is 0.433 e. The molecule has 0 fully saturated rings. The zero-order valence-corrected chi connectivity index (χ0v) is 16.5. The molecule has 7 nitrogen and oxygen atoms in total. The Bertz CT molecular complexity index is 1220. The summed E-state index contributed by atoms with van der Waals surface area (Å²) < 4.78 is 42.0. The number of hydrogen-bond acceptors (Lipinski definition) is 6. The summed E-state index contributed by atoms with van der Waals surface area (Å²) in [5, 5.41) is 4.07. The van der Waals surface area contributed by atoms with E-state index in [2.05, 4.69) is 30.5 Å². The lowest BCUT2D eigenvalue weighted by molar-refractivity contribution is -0.141. The number of hydrazone groups is 1. The number of halogens is 3. The second-order valence-corrected chi connectivity index (χ2v) is 6.66. The van der Waals surface area contributed by atoms with E-state index in [9.17, 15) is 13.2 Å². The van der Waals surface area contributed by atoms with Gasteiger partial charge >= 0.3 is 6.18 Å². The lowest BCUT2D eigenvalue weighted by atomic mass is 10.3. The molecule has 0 aliphatic carbocycles. The van der Waals surface area contributed by atoms with Gasteiger partial charge in [-0.25, -0.2) is 15.0 Å². The van der Waals surface area contributed by atoms with Gasteiger partial charge in [0.2, 0.25) is 0 Å². The van der Waals surface area contributed by atoms with Crippen LogP contribution in [0.4, 0.5) is 19.0 Å². The van der Waals surface area contributed by atoms with Crippen LogP contribution in [0.15, 0.2) is 59.8 Å². The average Bonchev–Trinajstić information content (AvgIpc) is 3.11. The molecule has 0 atom stereocenters. The van der Waals surface area contributed by atoms with Gasteiger partial charge in [0.05, 0.1) is 17.2 Å². The van der Waals surface area contributed by atoms with Crippen molar-refractivity contribution in [3.05, 3.63) is 66.2 Å². The second kappa shape index (κ2) is 8.50. The normalized spacial score (nSPS) is 12.0. The van der Waals surface area contributed by atoms with Crippen molar-refractivity contribution in [2.24, 2.45) is 5.10 Å². The molecule has 0 spiro atoms. The predicted molar refractivity (Wildman–Crippen MR) is 112 cm³/mol. The van der Waals surface area contributed by atoms with Crippen molar-refractivity contribution in [2.75, 3.05) is 5.43 Å². The molecule has 31 heavy (non-hydrogen) atoms. The highest BCUT2D eigenvalue weighted by Gasteiger charge is 2.34. The Hall–Kier alpha value is -3.82. The van der Waals surface area contributed by atoms with E-state index in [1.165, 1.54) is 18.5 Å². The molecule has 1 aromatic carbocycles. The maximum Gasteiger partial charge on any atom is 0.433 e. The lowest BCUT2D eigenvalue weighted by Crippen LogP contribution is -2.11. The minimum atomic E-state index is -4.64. The molecule has 0 saturated heterocycles. The first-order valence-electron chi connectivity index (χ1n) is 9.57. The number of imidazole rings is 1. The zero-order valence-electron chi connectivity index (χ0n) is 16.5. The molecule has 0 unspecified atom stereocenters. The van der Waals surface area contributed by atoms with Crippen LogP contribution < -0.4 is 5.43 Å². The number of hydrogen-bond donors (Lipinski definition) is 1. The van der Waals surface area contributed by atoms with Gasteiger partial charge in [-0.05, 0) is 30.7 Å². The van der Waals surface area contributed by atoms with Crippen molar-refractivity contribution >= 4 is 23.1 Å². The van der Waals surface area contributed by atoms with Gasteiger partial charge in [-0.3, -0.25) is 10.4 Å². The number of fused-ring (bicyclic) bond motifs is 1. The van der Waals surface area contributed by atoms with E-state index in [0.29, 0.717) is 5.82 Å². The van der Waals surface area contributed by atoms with E-state index in [0.717, 1.165) is 30.1 Å². The lowest BCUT2D eigenvalue weighted by Gasteiger charge is -2.10. The van der Waals surface area contributed by atoms with Crippen LogP contribution in [0.5, 0.6) is 0 Å². The minimum Gasteiger partial charge on any atom is -0.323 e. The number of pyridine rings is 1. The van der Waals surface area contributed by atoms with Gasteiger partial charge in [-0.2, -0.15) is 18.3 Å². The Morgan fingerprint density at radius 2 is 1.87 bits per heavy atom. The van der Waals surface area contributed by atoms with Crippen molar-refractivity contribution in [1.29, 1.82) is 0 Å². The molecule has 4 aromatic rings. The molecule has 3 aromatic heterocycles. The topological polar surface area (TPSA) is 80.9 Å². The number of aromatic nitrogens is 5. The Kier molecular flexibility index (Phi) is 5.61. The number of aryl methyl sites for hydroxylation is 1. The van der Waals surface area contributed by atoms with Crippen LogP contribution in [0.1, 0.15) is 24.9 Å². The van der Waals surface area contributed by atoms with Crippen LogP contribution in [0, 0.1) is 0 Å². The highest BCUT2D eigenvalue weighted by atomic mass is 19.4. The number of rotatable bonds is 6. The average molecular weight is 425 g/mol. The van der Waals surface area contributed by atoms with Crippen molar-refractivity contribution in [2.45, 2.75) is 26.1 Å². The molecule has 3 heterocycles. The van der Waals surface area contributed by atoms with Crippen molar-refractivity contribution in [1.82, 2.24) is 24.5 Å². The van der Waals surface area contributed by atoms with Crippen LogP contribution in [0.25, 0.3) is 22.6 Å². The van der Waals surface area contributed by atoms with Crippen LogP contribution in [-0.4, -0.2) is 30.7 Å². The highest BCUT2D eigenvalue weighted by Crippen LogP contribution is 2.30. The molecule has 158 valence electrons. The maximum atomic E-state index is 13.3. The molecule has 1 N–H and O–H groups in total. The first-order valence-corrected chi connectivity index (χ1v) is 9.57. The molecule has 0 radical (unpaired) electrons. The standard InChI is InChI=1S/C21H18F3N7/c1-2-11-31-16-9-4-3-7-14(16)27-19(31)13-26-30-18-12-17(21(22,23)24)28-20(29-18)15-8-5-6-10-25-15/h3-10,12-13H,2,11H2,1H3,(H,28,29,30)/b26-13+. The SMILES string of the molecule is CCCn1c(/C=N/Nc2cc(C(F)(F)F)nc(-c3ccccn3)n2)nc2ccccc21. The number of nitrogens with zero attached hydrogens (tertiary/aromatic N) is 6. The van der Waals surface area contributed by atoms with E-state index in [-0.39, 0.29) is 17.3 Å². The van der Waals surface area contributed by atoms with Gasteiger partial charge in [-0.15, -0.1) is 0 Å². The van der Waals surface area contributed by atoms with Crippen LogP contribution in [-0.2, 0) is 12.7 Å². The zero-order chi connectivity index (χ0) is 21.8. The van der Waals surface area contributed by atoms with Gasteiger partial charge in [0, 0.05) is 18.8 Å². The number of benzene rings is 1. The minimum absolute atomic E-state index is 0.0996. The molecule has 0 aliphatic heterocycles. The quantitative estimate of drug-likeness (QED) is 0.356. The van der Waals surface area contributed by atoms with Crippen molar-refractivity contribution in [3.8, 4) is 11.5 Å². The summed E-state index contributed by atoms with van der Waals surface area (Å²) in [6, 6.07) is 13.3. The molecule has 0 aliphatic rings. The number of para-hydroxylation sites is 2. The molecular formula is C21H18F3N7. The third-order valence-corrected chi connectivity index (χ3v) is 4.40. The smallest absolute Gasteiger partial charge is 0.323 e. The molecule has 0 saturated carbocycles. The Balaban J connectivity index is 1.66. The van der Waals surface area contributed by atoms with Gasteiger partial charge in [0.25, 0.3) is 0 Å². The van der Waals surface area contributed by atoms with Crippen LogP contribution >= 0.6 is 0 Å². The monoisotopic (exact) mass is 425 g/mol. The van der Waals surface area contributed by atoms with Gasteiger partial charge in [0.15, 0.2) is 23.2 Å². The Labute approximate surface area is 175 Å². The van der Waals surface area contributed by atoms with E-state index in [1.54, 1.807) is 12.1 Å². The maximum absolute atomic E-state index is 13.3. The van der Waals surface area contributed by atoms with Gasteiger partial charge in [0.1, 0.15) is 5.69 Å². The molecule has 0 bridgehead atoms. The fourth-order valence-corrected chi connectivity index (χ4v) is 3.07. The first kappa shape index (κ1) is 20.5. The summed E-state index contributed by atoms with van der Waals surface area (Å²) in [4.78, 5) is 16.3. The molecule has 4 rings (SSSR count). The van der Waals surface area contributed by atoms with E-state index >= 15 is 0 Å². The van der Waals surface area contributed by atoms with Crippen LogP contribution in [0.2, 0.25) is 0 Å². The molecule has 10 heteroatoms. The number of anilines is 1. The van der Waals surface area contributed by atoms with Gasteiger partial charge < -0.3 is 4.57 Å². The highest BCUT2D eigenvalue weighted by molar-refractivity contribution is 5.85. The summed E-state index contributed by atoms with van der Waals surface area (Å²) in [5.41, 5.74) is 3.49. The van der Waals surface area contributed by atoms with E-state index < -0.39 is 11.9 Å². The Morgan fingerprint density at radius 3 is 2.61 bits per heavy atom. The van der Waals surface area contributed by atoms with E-state index in [4.69, 9.17) is 0 Å². The molecular weight excluding hydrogens is 407 g/mol. The third kappa shape index (κ3) is 4.52. The van der Waals surface area contributed by atoms with Gasteiger partial charge in [-0.1, -0.05) is 25.1 Å². The number of alkyl halides is 3. The molecule has 0 amide bonds. The van der Waals surface area contributed by atoms with Crippen molar-refractivity contribution < 1.29 is 13.2 Å². The summed E-state index contributed by atoms with van der Waals surface area (Å²) in [6.07, 6.45) is -0.821. The fourth-order valence-electron chi connectivity index (χ4n) is 3.07. The van der Waals surface area contributed by atoms with E-state index in [1.807, 2.05) is 35.8 Å². The summed E-state index contributed by atoms with van der Waals surface area (Å²) >= 11 is 0. The van der Waals surface area contributed by atoms with Crippen LogP contribution in [0.3, 0.4) is 0 Å². The summed E-state index contributed by atoms with van der Waals surface area (Å²) in [5.74, 6) is 0.342. The summed E-state index contributed by atoms with van der Waals surface area (Å²) in [6.45, 7) is 2.78. The number of nitrogens with one attached hydrogen (secondary N) is 1. The second-order valence-electron chi connectivity index (χ2n) is 6.66. The predicted octanol–water partition coefficient (Wildman–Crippen LogP) is 4.76. The first-order chi connectivity index (χ1) is 15.0. The van der Waals surface area contributed by atoms with Crippen molar-refractivity contribution in [3.63, 3.8) is 0 Å². The Morgan fingerprint density at radius 1 is 1.06 bits per heavy atom.